The van der Waals surface area contributed by atoms with Crippen LogP contribution in [0.2, 0.25) is 0 Å². The molecule has 3 nitrogen and oxygen atoms in total. The number of ether oxygens (including phenoxy) is 1. The molecule has 0 fully saturated rings. The molecule has 0 bridgehead atoms. The van der Waals surface area contributed by atoms with Crippen molar-refractivity contribution in [3.8, 4) is 6.07 Å². The summed E-state index contributed by atoms with van der Waals surface area (Å²) >= 11 is 5.39. The van der Waals surface area contributed by atoms with E-state index in [1.165, 1.54) is 0 Å². The number of alkyl halides is 1. The van der Waals surface area contributed by atoms with Crippen molar-refractivity contribution in [3.63, 3.8) is 0 Å². The maximum Gasteiger partial charge on any atom is 0.293 e. The molecule has 10 heavy (non-hydrogen) atoms. The highest BCUT2D eigenvalue weighted by atomic mass is 35.5. The topological polar surface area (TPSA) is 50.1 Å². The predicted molar refractivity (Wildman–Crippen MR) is 36.5 cm³/mol. The molecule has 0 radical (unpaired) electrons. The van der Waals surface area contributed by atoms with Gasteiger partial charge in [-0.1, -0.05) is 0 Å². The van der Waals surface area contributed by atoms with Crippen molar-refractivity contribution < 1.29 is 9.53 Å². The number of hydrogen-bond donors (Lipinski definition) is 0. The van der Waals surface area contributed by atoms with Gasteiger partial charge >= 0.3 is 0 Å². The number of rotatable bonds is 5. The molecule has 0 N–H and O–H groups in total. The van der Waals surface area contributed by atoms with Crippen LogP contribution in [-0.4, -0.2) is 18.5 Å². The van der Waals surface area contributed by atoms with Crippen LogP contribution >= 0.6 is 11.6 Å². The van der Waals surface area contributed by atoms with Crippen LogP contribution in [0, 0.1) is 11.3 Å². The van der Waals surface area contributed by atoms with Crippen LogP contribution in [0.5, 0.6) is 0 Å². The Morgan fingerprint density at radius 1 is 1.80 bits per heavy atom. The standard InChI is InChI=1S/C6H8ClNO2/c7-4-6(10-5-9)2-1-3-8/h5-6H,1-2,4H2/t6-/m0/s1. The quantitative estimate of drug-likeness (QED) is 0.448. The Bertz CT molecular complexity index is 132. The van der Waals surface area contributed by atoms with Gasteiger partial charge in [-0.25, -0.2) is 0 Å². The van der Waals surface area contributed by atoms with Gasteiger partial charge in [-0.15, -0.1) is 11.6 Å². The van der Waals surface area contributed by atoms with Gasteiger partial charge < -0.3 is 4.74 Å². The van der Waals surface area contributed by atoms with E-state index in [-0.39, 0.29) is 12.0 Å². The van der Waals surface area contributed by atoms with Crippen LogP contribution in [-0.2, 0) is 9.53 Å². The summed E-state index contributed by atoms with van der Waals surface area (Å²) in [6.07, 6.45) is 0.572. The molecule has 0 rings (SSSR count). The zero-order chi connectivity index (χ0) is 7.82. The van der Waals surface area contributed by atoms with Gasteiger partial charge in [0.1, 0.15) is 6.10 Å². The summed E-state index contributed by atoms with van der Waals surface area (Å²) in [6.45, 7) is 0.352. The van der Waals surface area contributed by atoms with Crippen LogP contribution in [0.25, 0.3) is 0 Å². The molecule has 0 aliphatic carbocycles. The molecule has 0 aromatic heterocycles. The Morgan fingerprint density at radius 2 is 2.50 bits per heavy atom. The molecule has 0 aliphatic heterocycles. The second kappa shape index (κ2) is 6.37. The first-order chi connectivity index (χ1) is 4.85. The third-order valence-corrected chi connectivity index (χ3v) is 1.34. The van der Waals surface area contributed by atoms with E-state index in [9.17, 15) is 4.79 Å². The number of carbonyl (C=O) groups is 1. The van der Waals surface area contributed by atoms with Gasteiger partial charge in [-0.05, 0) is 6.42 Å². The first-order valence-electron chi connectivity index (χ1n) is 2.87. The average Bonchev–Trinajstić information content (AvgIpc) is 1.98. The smallest absolute Gasteiger partial charge is 0.293 e. The van der Waals surface area contributed by atoms with Crippen molar-refractivity contribution in [3.05, 3.63) is 0 Å². The highest BCUT2D eigenvalue weighted by Crippen LogP contribution is 2.01. The zero-order valence-electron chi connectivity index (χ0n) is 5.42. The van der Waals surface area contributed by atoms with Gasteiger partial charge in [0.25, 0.3) is 6.47 Å². The van der Waals surface area contributed by atoms with Crippen LogP contribution < -0.4 is 0 Å². The molecule has 0 aliphatic rings. The van der Waals surface area contributed by atoms with Crippen LogP contribution in [0.4, 0.5) is 0 Å². The first-order valence-corrected chi connectivity index (χ1v) is 3.40. The van der Waals surface area contributed by atoms with Crippen molar-refractivity contribution in [2.45, 2.75) is 18.9 Å². The van der Waals surface area contributed by atoms with Gasteiger partial charge in [-0.3, -0.25) is 4.79 Å². The lowest BCUT2D eigenvalue weighted by atomic mass is 10.2. The summed E-state index contributed by atoms with van der Waals surface area (Å²) in [4.78, 5) is 9.77. The van der Waals surface area contributed by atoms with Crippen molar-refractivity contribution >= 4 is 18.1 Å². The minimum Gasteiger partial charge on any atom is -0.463 e. The lowest BCUT2D eigenvalue weighted by molar-refractivity contribution is -0.132. The van der Waals surface area contributed by atoms with Crippen LogP contribution in [0.3, 0.4) is 0 Å². The average molecular weight is 162 g/mol. The number of halogens is 1. The lowest BCUT2D eigenvalue weighted by Gasteiger charge is -2.07. The van der Waals surface area contributed by atoms with E-state index < -0.39 is 0 Å². The van der Waals surface area contributed by atoms with Gasteiger partial charge in [0.15, 0.2) is 0 Å². The van der Waals surface area contributed by atoms with Crippen LogP contribution in [0.1, 0.15) is 12.8 Å². The van der Waals surface area contributed by atoms with Crippen molar-refractivity contribution in [1.29, 1.82) is 5.26 Å². The van der Waals surface area contributed by atoms with Crippen molar-refractivity contribution in [2.75, 3.05) is 5.88 Å². The molecular weight excluding hydrogens is 154 g/mol. The molecule has 0 saturated carbocycles. The lowest BCUT2D eigenvalue weighted by Crippen LogP contribution is -2.13. The molecule has 1 atom stereocenters. The monoisotopic (exact) mass is 161 g/mol. The Morgan fingerprint density at radius 3 is 2.90 bits per heavy atom. The molecule has 4 heteroatoms. The van der Waals surface area contributed by atoms with Crippen molar-refractivity contribution in [2.24, 2.45) is 0 Å². The molecule has 0 aromatic carbocycles. The van der Waals surface area contributed by atoms with Gasteiger partial charge in [0, 0.05) is 6.42 Å². The van der Waals surface area contributed by atoms with Crippen molar-refractivity contribution in [1.82, 2.24) is 0 Å². The van der Waals surface area contributed by atoms with Gasteiger partial charge in [0.2, 0.25) is 0 Å². The summed E-state index contributed by atoms with van der Waals surface area (Å²) in [7, 11) is 0. The summed E-state index contributed by atoms with van der Waals surface area (Å²) < 4.78 is 4.53. The fraction of sp³-hybridized carbons (Fsp3) is 0.667. The number of nitrogens with zero attached hydrogens (tertiary/aromatic N) is 1. The Hall–Kier alpha value is -0.750. The Labute approximate surface area is 64.5 Å². The minimum absolute atomic E-state index is 0.250. The summed E-state index contributed by atoms with van der Waals surface area (Å²) in [5.41, 5.74) is 0. The van der Waals surface area contributed by atoms with Crippen LogP contribution in [0.15, 0.2) is 0 Å². The van der Waals surface area contributed by atoms with E-state index in [4.69, 9.17) is 16.9 Å². The summed E-state index contributed by atoms with van der Waals surface area (Å²) in [5, 5.41) is 8.14. The fourth-order valence-corrected chi connectivity index (χ4v) is 0.713. The van der Waals surface area contributed by atoms with Gasteiger partial charge in [-0.2, -0.15) is 5.26 Å². The summed E-state index contributed by atoms with van der Waals surface area (Å²) in [5.74, 6) is 0.250. The molecule has 0 heterocycles. The predicted octanol–water partition coefficient (Wildman–Crippen LogP) is 1.07. The SMILES string of the molecule is N#CCC[C@@H](CCl)OC=O. The van der Waals surface area contributed by atoms with E-state index in [0.717, 1.165) is 0 Å². The fourth-order valence-electron chi connectivity index (χ4n) is 0.486. The molecule has 0 unspecified atom stereocenters. The van der Waals surface area contributed by atoms with E-state index in [1.54, 1.807) is 0 Å². The molecule has 0 spiro atoms. The van der Waals surface area contributed by atoms with E-state index >= 15 is 0 Å². The maximum atomic E-state index is 9.77. The first kappa shape index (κ1) is 9.25. The largest absolute Gasteiger partial charge is 0.463 e. The van der Waals surface area contributed by atoms with E-state index in [0.29, 0.717) is 19.3 Å². The summed E-state index contributed by atoms with van der Waals surface area (Å²) in [6, 6.07) is 1.94. The number of nitriles is 1. The maximum absolute atomic E-state index is 9.77. The highest BCUT2D eigenvalue weighted by Gasteiger charge is 2.05. The van der Waals surface area contributed by atoms with E-state index in [1.807, 2.05) is 6.07 Å². The second-order valence-electron chi connectivity index (χ2n) is 1.71. The highest BCUT2D eigenvalue weighted by molar-refractivity contribution is 6.18. The van der Waals surface area contributed by atoms with Gasteiger partial charge in [0.05, 0.1) is 11.9 Å². The zero-order valence-corrected chi connectivity index (χ0v) is 6.17. The molecule has 0 aromatic rings. The normalized spacial score (nSPS) is 11.6. The molecular formula is C6H8ClNO2. The molecule has 0 amide bonds. The Balaban J connectivity index is 3.41. The number of hydrogen-bond acceptors (Lipinski definition) is 3. The Kier molecular flexibility index (Phi) is 5.89. The second-order valence-corrected chi connectivity index (χ2v) is 2.01. The number of carbonyl (C=O) groups excluding carboxylic acids is 1. The third-order valence-electron chi connectivity index (χ3n) is 0.998. The minimum atomic E-state index is -0.307. The third kappa shape index (κ3) is 4.16. The molecule has 0 saturated heterocycles. The molecule has 56 valence electrons. The van der Waals surface area contributed by atoms with E-state index in [2.05, 4.69) is 4.74 Å².